The largest absolute Gasteiger partial charge is 0.233 e. The first-order chi connectivity index (χ1) is 7.53. The molecule has 1 aromatic rings. The second-order valence-electron chi connectivity index (χ2n) is 4.06. The Hall–Kier alpha value is -1.13. The van der Waals surface area contributed by atoms with E-state index < -0.39 is 10.0 Å². The predicted molar refractivity (Wildman–Crippen MR) is 64.5 cm³/mol. The number of rotatable bonds is 3. The van der Waals surface area contributed by atoms with E-state index in [1.165, 1.54) is 11.1 Å². The lowest BCUT2D eigenvalue weighted by molar-refractivity contribution is 0.563. The van der Waals surface area contributed by atoms with Gasteiger partial charge in [0.2, 0.25) is 10.0 Å². The van der Waals surface area contributed by atoms with Crippen molar-refractivity contribution in [3.63, 3.8) is 0 Å². The van der Waals surface area contributed by atoms with Gasteiger partial charge in [-0.2, -0.15) is 0 Å². The maximum absolute atomic E-state index is 11.4. The molecule has 2 rings (SSSR count). The number of fused-ring (bicyclic) bond motifs is 1. The summed E-state index contributed by atoms with van der Waals surface area (Å²) in [4.78, 5) is 0. The molecule has 1 N–H and O–H groups in total. The first-order valence-electron chi connectivity index (χ1n) is 5.26. The fraction of sp³-hybridized carbons (Fsp3) is 0.333. The highest BCUT2D eigenvalue weighted by molar-refractivity contribution is 7.92. The number of aryl methyl sites for hydroxylation is 1. The molecule has 1 aliphatic rings. The summed E-state index contributed by atoms with van der Waals surface area (Å²) in [7, 11) is -3.34. The van der Waals surface area contributed by atoms with E-state index in [-0.39, 0.29) is 6.04 Å². The third kappa shape index (κ3) is 2.03. The van der Waals surface area contributed by atoms with Gasteiger partial charge in [0.1, 0.15) is 0 Å². The first-order valence-corrected chi connectivity index (χ1v) is 6.81. The zero-order valence-electron chi connectivity index (χ0n) is 9.23. The van der Waals surface area contributed by atoms with E-state index >= 15 is 0 Å². The van der Waals surface area contributed by atoms with Crippen LogP contribution in [0.4, 0.5) is 0 Å². The van der Waals surface area contributed by atoms with Gasteiger partial charge in [0.25, 0.3) is 0 Å². The SMILES string of the molecule is C=CS(=O)(=O)NC1CCc2c(C)cccc21. The normalized spacial score (nSPS) is 19.4. The Morgan fingerprint density at radius 2 is 2.25 bits per heavy atom. The summed E-state index contributed by atoms with van der Waals surface area (Å²) in [6.07, 6.45) is 1.76. The highest BCUT2D eigenvalue weighted by atomic mass is 32.2. The molecule has 0 spiro atoms. The Morgan fingerprint density at radius 1 is 1.50 bits per heavy atom. The van der Waals surface area contributed by atoms with Crippen molar-refractivity contribution in [1.29, 1.82) is 0 Å². The van der Waals surface area contributed by atoms with E-state index in [2.05, 4.69) is 24.3 Å². The van der Waals surface area contributed by atoms with Gasteiger partial charge in [-0.15, -0.1) is 0 Å². The van der Waals surface area contributed by atoms with E-state index in [9.17, 15) is 8.42 Å². The van der Waals surface area contributed by atoms with Gasteiger partial charge >= 0.3 is 0 Å². The molecule has 0 bridgehead atoms. The number of benzene rings is 1. The molecule has 0 aliphatic heterocycles. The van der Waals surface area contributed by atoms with Gasteiger partial charge in [-0.1, -0.05) is 24.8 Å². The van der Waals surface area contributed by atoms with Crippen LogP contribution in [0.5, 0.6) is 0 Å². The lowest BCUT2D eigenvalue weighted by Crippen LogP contribution is -2.25. The molecule has 0 saturated carbocycles. The Labute approximate surface area is 96.2 Å². The molecule has 0 saturated heterocycles. The first kappa shape index (κ1) is 11.4. The molecule has 16 heavy (non-hydrogen) atoms. The average molecular weight is 237 g/mol. The second kappa shape index (κ2) is 4.03. The van der Waals surface area contributed by atoms with Crippen LogP contribution in [0.15, 0.2) is 30.2 Å². The van der Waals surface area contributed by atoms with E-state index in [4.69, 9.17) is 0 Å². The summed E-state index contributed by atoms with van der Waals surface area (Å²) in [5, 5.41) is 0.959. The van der Waals surface area contributed by atoms with Gasteiger partial charge in [0.05, 0.1) is 0 Å². The van der Waals surface area contributed by atoms with Gasteiger partial charge in [0, 0.05) is 11.4 Å². The monoisotopic (exact) mass is 237 g/mol. The van der Waals surface area contributed by atoms with Crippen molar-refractivity contribution in [2.24, 2.45) is 0 Å². The van der Waals surface area contributed by atoms with Crippen LogP contribution in [0, 0.1) is 6.92 Å². The van der Waals surface area contributed by atoms with Crippen molar-refractivity contribution in [2.75, 3.05) is 0 Å². The average Bonchev–Trinajstić information content (AvgIpc) is 2.63. The Morgan fingerprint density at radius 3 is 2.94 bits per heavy atom. The summed E-state index contributed by atoms with van der Waals surface area (Å²) in [6, 6.07) is 5.92. The van der Waals surface area contributed by atoms with Crippen molar-refractivity contribution in [2.45, 2.75) is 25.8 Å². The molecule has 0 amide bonds. The van der Waals surface area contributed by atoms with Gasteiger partial charge in [-0.05, 0) is 36.5 Å². The van der Waals surface area contributed by atoms with E-state index in [0.29, 0.717) is 0 Å². The van der Waals surface area contributed by atoms with Crippen LogP contribution < -0.4 is 4.72 Å². The zero-order valence-corrected chi connectivity index (χ0v) is 10.0. The molecule has 1 aromatic carbocycles. The third-order valence-corrected chi connectivity index (χ3v) is 4.08. The van der Waals surface area contributed by atoms with E-state index in [1.807, 2.05) is 12.1 Å². The summed E-state index contributed by atoms with van der Waals surface area (Å²) in [6.45, 7) is 5.36. The van der Waals surface area contributed by atoms with Crippen LogP contribution in [0.2, 0.25) is 0 Å². The van der Waals surface area contributed by atoms with Crippen molar-refractivity contribution in [1.82, 2.24) is 4.72 Å². The molecule has 3 nitrogen and oxygen atoms in total. The molecule has 86 valence electrons. The minimum Gasteiger partial charge on any atom is -0.208 e. The molecule has 1 unspecified atom stereocenters. The molecule has 0 heterocycles. The zero-order chi connectivity index (χ0) is 11.8. The summed E-state index contributed by atoms with van der Waals surface area (Å²) >= 11 is 0. The molecule has 0 radical (unpaired) electrons. The van der Waals surface area contributed by atoms with Crippen LogP contribution in [-0.4, -0.2) is 8.42 Å². The molecule has 4 heteroatoms. The minimum atomic E-state index is -3.34. The molecule has 0 fully saturated rings. The maximum Gasteiger partial charge on any atom is 0.233 e. The smallest absolute Gasteiger partial charge is 0.208 e. The lowest BCUT2D eigenvalue weighted by atomic mass is 10.0. The topological polar surface area (TPSA) is 46.2 Å². The predicted octanol–water partition coefficient (Wildman–Crippen LogP) is 2.05. The molecular weight excluding hydrogens is 222 g/mol. The number of nitrogens with one attached hydrogen (secondary N) is 1. The Kier molecular flexibility index (Phi) is 2.86. The van der Waals surface area contributed by atoms with Crippen LogP contribution in [-0.2, 0) is 16.4 Å². The van der Waals surface area contributed by atoms with Crippen molar-refractivity contribution in [3.8, 4) is 0 Å². The van der Waals surface area contributed by atoms with Crippen LogP contribution >= 0.6 is 0 Å². The van der Waals surface area contributed by atoms with Crippen molar-refractivity contribution < 1.29 is 8.42 Å². The van der Waals surface area contributed by atoms with E-state index in [0.717, 1.165) is 23.8 Å². The molecule has 1 aliphatic carbocycles. The summed E-state index contributed by atoms with van der Waals surface area (Å²) in [5.41, 5.74) is 3.61. The quantitative estimate of drug-likeness (QED) is 0.874. The fourth-order valence-corrected chi connectivity index (χ4v) is 2.94. The Balaban J connectivity index is 2.31. The fourth-order valence-electron chi connectivity index (χ4n) is 2.21. The summed E-state index contributed by atoms with van der Waals surface area (Å²) < 4.78 is 25.5. The summed E-state index contributed by atoms with van der Waals surface area (Å²) in [5.74, 6) is 0. The molecule has 1 atom stereocenters. The van der Waals surface area contributed by atoms with Gasteiger partial charge < -0.3 is 0 Å². The van der Waals surface area contributed by atoms with Gasteiger partial charge in [0.15, 0.2) is 0 Å². The maximum atomic E-state index is 11.4. The van der Waals surface area contributed by atoms with E-state index in [1.54, 1.807) is 0 Å². The molecular formula is C12H15NO2S. The van der Waals surface area contributed by atoms with Crippen LogP contribution in [0.3, 0.4) is 0 Å². The van der Waals surface area contributed by atoms with Crippen LogP contribution in [0.25, 0.3) is 0 Å². The Bertz CT molecular complexity index is 520. The highest BCUT2D eigenvalue weighted by Gasteiger charge is 2.25. The minimum absolute atomic E-state index is 0.0992. The van der Waals surface area contributed by atoms with Crippen molar-refractivity contribution >= 4 is 10.0 Å². The molecule has 0 aromatic heterocycles. The second-order valence-corrected chi connectivity index (χ2v) is 5.72. The lowest BCUT2D eigenvalue weighted by Gasteiger charge is -2.12. The standard InChI is InChI=1S/C12H15NO2S/c1-3-16(14,15)13-12-8-7-10-9(2)5-4-6-11(10)12/h3-6,12-13H,1,7-8H2,2H3. The third-order valence-electron chi connectivity index (χ3n) is 3.03. The van der Waals surface area contributed by atoms with Crippen molar-refractivity contribution in [3.05, 3.63) is 46.9 Å². The van der Waals surface area contributed by atoms with Gasteiger partial charge in [-0.3, -0.25) is 0 Å². The van der Waals surface area contributed by atoms with Crippen LogP contribution in [0.1, 0.15) is 29.2 Å². The number of hydrogen-bond acceptors (Lipinski definition) is 2. The number of sulfonamides is 1. The number of hydrogen-bond donors (Lipinski definition) is 1. The highest BCUT2D eigenvalue weighted by Crippen LogP contribution is 2.33. The van der Waals surface area contributed by atoms with Gasteiger partial charge in [-0.25, -0.2) is 13.1 Å².